The fourth-order valence-electron chi connectivity index (χ4n) is 1.78. The topological polar surface area (TPSA) is 36.0 Å². The molecule has 0 fully saturated rings. The van der Waals surface area contributed by atoms with Gasteiger partial charge in [-0.3, -0.25) is 0 Å². The molecule has 0 amide bonds. The maximum Gasteiger partial charge on any atom is 0.116 e. The molecule has 0 unspecified atom stereocenters. The van der Waals surface area contributed by atoms with Gasteiger partial charge in [0.15, 0.2) is 0 Å². The van der Waals surface area contributed by atoms with E-state index < -0.39 is 0 Å². The predicted molar refractivity (Wildman–Crippen MR) is 58.5 cm³/mol. The Morgan fingerprint density at radius 1 is 1.36 bits per heavy atom. The van der Waals surface area contributed by atoms with Crippen LogP contribution in [0.4, 0.5) is 0 Å². The highest BCUT2D eigenvalue weighted by molar-refractivity contribution is 5.84. The summed E-state index contributed by atoms with van der Waals surface area (Å²) in [6.07, 6.45) is 3.08. The lowest BCUT2D eigenvalue weighted by atomic mass is 10.0. The van der Waals surface area contributed by atoms with Crippen LogP contribution < -0.4 is 0 Å². The van der Waals surface area contributed by atoms with Crippen molar-refractivity contribution in [1.82, 2.24) is 4.98 Å². The zero-order valence-corrected chi connectivity index (χ0v) is 8.54. The van der Waals surface area contributed by atoms with Gasteiger partial charge < -0.3 is 10.1 Å². The Hall–Kier alpha value is -1.44. The molecule has 0 aliphatic rings. The van der Waals surface area contributed by atoms with E-state index in [0.29, 0.717) is 11.7 Å². The average molecular weight is 189 g/mol. The van der Waals surface area contributed by atoms with E-state index in [1.54, 1.807) is 6.07 Å². The number of nitrogens with one attached hydrogen (secondary N) is 1. The quantitative estimate of drug-likeness (QED) is 0.748. The summed E-state index contributed by atoms with van der Waals surface area (Å²) in [6, 6.07) is 5.44. The Morgan fingerprint density at radius 3 is 2.86 bits per heavy atom. The van der Waals surface area contributed by atoms with Gasteiger partial charge in [-0.15, -0.1) is 0 Å². The third-order valence-electron chi connectivity index (χ3n) is 2.38. The van der Waals surface area contributed by atoms with Gasteiger partial charge in [0.05, 0.1) is 0 Å². The van der Waals surface area contributed by atoms with Crippen LogP contribution in [0.1, 0.15) is 19.4 Å². The Labute approximate surface area is 83.6 Å². The van der Waals surface area contributed by atoms with Crippen molar-refractivity contribution in [3.05, 3.63) is 30.0 Å². The van der Waals surface area contributed by atoms with Gasteiger partial charge in [-0.05, 0) is 36.1 Å². The van der Waals surface area contributed by atoms with Crippen LogP contribution in [-0.2, 0) is 6.42 Å². The molecule has 0 saturated carbocycles. The molecule has 0 bridgehead atoms. The number of H-pyrrole nitrogens is 1. The number of aromatic hydroxyl groups is 1. The summed E-state index contributed by atoms with van der Waals surface area (Å²) in [5, 5.41) is 10.5. The van der Waals surface area contributed by atoms with E-state index in [0.717, 1.165) is 17.3 Å². The number of fused-ring (bicyclic) bond motifs is 1. The van der Waals surface area contributed by atoms with Crippen molar-refractivity contribution in [3.63, 3.8) is 0 Å². The maximum absolute atomic E-state index is 9.39. The van der Waals surface area contributed by atoms with Crippen molar-refractivity contribution in [1.29, 1.82) is 0 Å². The molecule has 2 nitrogen and oxygen atoms in total. The van der Waals surface area contributed by atoms with E-state index in [9.17, 15) is 5.11 Å². The van der Waals surface area contributed by atoms with Gasteiger partial charge in [-0.25, -0.2) is 0 Å². The Morgan fingerprint density at radius 2 is 2.14 bits per heavy atom. The van der Waals surface area contributed by atoms with E-state index in [4.69, 9.17) is 0 Å². The molecule has 1 aromatic carbocycles. The number of hydrogen-bond acceptors (Lipinski definition) is 1. The second-order valence-corrected chi connectivity index (χ2v) is 4.14. The fraction of sp³-hybridized carbons (Fsp3) is 0.333. The summed E-state index contributed by atoms with van der Waals surface area (Å²) in [5.74, 6) is 0.971. The van der Waals surface area contributed by atoms with Crippen LogP contribution in [0.5, 0.6) is 5.75 Å². The van der Waals surface area contributed by atoms with Gasteiger partial charge in [0, 0.05) is 17.1 Å². The van der Waals surface area contributed by atoms with Gasteiger partial charge in [0.2, 0.25) is 0 Å². The predicted octanol–water partition coefficient (Wildman–Crippen LogP) is 3.07. The molecule has 1 aromatic heterocycles. The highest BCUT2D eigenvalue weighted by atomic mass is 16.3. The van der Waals surface area contributed by atoms with Crippen molar-refractivity contribution < 1.29 is 5.11 Å². The number of phenolic OH excluding ortho intramolecular Hbond substituents is 1. The summed E-state index contributed by atoms with van der Waals surface area (Å²) in [7, 11) is 0. The van der Waals surface area contributed by atoms with Gasteiger partial charge >= 0.3 is 0 Å². The summed E-state index contributed by atoms with van der Waals surface area (Å²) in [4.78, 5) is 3.21. The average Bonchev–Trinajstić information content (AvgIpc) is 2.47. The van der Waals surface area contributed by atoms with Gasteiger partial charge in [-0.1, -0.05) is 13.8 Å². The number of rotatable bonds is 2. The van der Waals surface area contributed by atoms with Crippen molar-refractivity contribution >= 4 is 10.9 Å². The molecule has 2 aromatic rings. The third-order valence-corrected chi connectivity index (χ3v) is 2.38. The largest absolute Gasteiger partial charge is 0.508 e. The molecule has 2 N–H and O–H groups in total. The maximum atomic E-state index is 9.39. The number of aromatic amines is 1. The first-order chi connectivity index (χ1) is 6.66. The van der Waals surface area contributed by atoms with E-state index in [-0.39, 0.29) is 0 Å². The first-order valence-electron chi connectivity index (χ1n) is 4.96. The number of phenols is 1. The summed E-state index contributed by atoms with van der Waals surface area (Å²) in [6.45, 7) is 4.39. The number of benzene rings is 1. The smallest absolute Gasteiger partial charge is 0.116 e. The molecule has 1 heterocycles. The van der Waals surface area contributed by atoms with Crippen molar-refractivity contribution in [2.75, 3.05) is 0 Å². The Balaban J connectivity index is 2.50. The summed E-state index contributed by atoms with van der Waals surface area (Å²) >= 11 is 0. The Kier molecular flexibility index (Phi) is 2.20. The summed E-state index contributed by atoms with van der Waals surface area (Å²) < 4.78 is 0. The lowest BCUT2D eigenvalue weighted by Gasteiger charge is -2.02. The van der Waals surface area contributed by atoms with Gasteiger partial charge in [0.25, 0.3) is 0 Å². The molecule has 0 spiro atoms. The zero-order valence-electron chi connectivity index (χ0n) is 8.54. The van der Waals surface area contributed by atoms with Crippen LogP contribution in [0.3, 0.4) is 0 Å². The number of aromatic nitrogens is 1. The molecule has 0 aliphatic heterocycles. The minimum absolute atomic E-state index is 0.335. The van der Waals surface area contributed by atoms with E-state index in [1.165, 1.54) is 5.56 Å². The van der Waals surface area contributed by atoms with Crippen LogP contribution in [0.2, 0.25) is 0 Å². The lowest BCUT2D eigenvalue weighted by Crippen LogP contribution is -1.91. The SMILES string of the molecule is CC(C)Cc1c[nH]c2ccc(O)cc12. The van der Waals surface area contributed by atoms with Crippen LogP contribution in [0, 0.1) is 5.92 Å². The zero-order chi connectivity index (χ0) is 10.1. The third kappa shape index (κ3) is 1.60. The monoisotopic (exact) mass is 189 g/mol. The van der Waals surface area contributed by atoms with Crippen molar-refractivity contribution in [2.45, 2.75) is 20.3 Å². The highest BCUT2D eigenvalue weighted by Crippen LogP contribution is 2.24. The van der Waals surface area contributed by atoms with Gasteiger partial charge in [0.1, 0.15) is 5.75 Å². The van der Waals surface area contributed by atoms with Gasteiger partial charge in [-0.2, -0.15) is 0 Å². The molecule has 0 atom stereocenters. The van der Waals surface area contributed by atoms with Crippen LogP contribution >= 0.6 is 0 Å². The molecule has 2 rings (SSSR count). The molecular formula is C12H15NO. The Bertz CT molecular complexity index is 443. The van der Waals surface area contributed by atoms with Crippen LogP contribution in [-0.4, -0.2) is 10.1 Å². The van der Waals surface area contributed by atoms with Crippen LogP contribution in [0.25, 0.3) is 10.9 Å². The standard InChI is InChI=1S/C12H15NO/c1-8(2)5-9-7-13-12-4-3-10(14)6-11(9)12/h3-4,6-8,13-14H,5H2,1-2H3. The van der Waals surface area contributed by atoms with Crippen molar-refractivity contribution in [3.8, 4) is 5.75 Å². The molecule has 0 radical (unpaired) electrons. The lowest BCUT2D eigenvalue weighted by molar-refractivity contribution is 0.476. The molecular weight excluding hydrogens is 174 g/mol. The number of hydrogen-bond donors (Lipinski definition) is 2. The van der Waals surface area contributed by atoms with E-state index >= 15 is 0 Å². The highest BCUT2D eigenvalue weighted by Gasteiger charge is 2.05. The molecule has 2 heteroatoms. The first-order valence-corrected chi connectivity index (χ1v) is 4.96. The minimum Gasteiger partial charge on any atom is -0.508 e. The van der Waals surface area contributed by atoms with Crippen molar-refractivity contribution in [2.24, 2.45) is 5.92 Å². The first kappa shape index (κ1) is 9.13. The van der Waals surface area contributed by atoms with Crippen LogP contribution in [0.15, 0.2) is 24.4 Å². The second-order valence-electron chi connectivity index (χ2n) is 4.14. The molecule has 0 saturated heterocycles. The normalized spacial score (nSPS) is 11.4. The summed E-state index contributed by atoms with van der Waals surface area (Å²) in [5.41, 5.74) is 2.38. The minimum atomic E-state index is 0.335. The van der Waals surface area contributed by atoms with E-state index in [2.05, 4.69) is 18.8 Å². The molecule has 74 valence electrons. The molecule has 14 heavy (non-hydrogen) atoms. The second kappa shape index (κ2) is 3.37. The van der Waals surface area contributed by atoms with E-state index in [1.807, 2.05) is 18.3 Å². The molecule has 0 aliphatic carbocycles. The fourth-order valence-corrected chi connectivity index (χ4v) is 1.78.